The van der Waals surface area contributed by atoms with Gasteiger partial charge in [-0.1, -0.05) is 13.8 Å². The smallest absolute Gasteiger partial charge is 0.346 e. The van der Waals surface area contributed by atoms with Gasteiger partial charge >= 0.3 is 17.3 Å². The van der Waals surface area contributed by atoms with Crippen molar-refractivity contribution in [1.29, 1.82) is 0 Å². The van der Waals surface area contributed by atoms with E-state index in [9.17, 15) is 30.2 Å². The number of carbonyl (C=O) groups is 1. The van der Waals surface area contributed by atoms with Gasteiger partial charge in [-0.25, -0.2) is 4.79 Å². The normalized spacial score (nSPS) is 25.0. The Hall–Kier alpha value is -2.85. The predicted octanol–water partition coefficient (Wildman–Crippen LogP) is 4.32. The molecule has 1 aromatic rings. The van der Waals surface area contributed by atoms with Crippen molar-refractivity contribution in [2.24, 2.45) is 5.41 Å². The van der Waals surface area contributed by atoms with Crippen LogP contribution >= 0.6 is 0 Å². The van der Waals surface area contributed by atoms with Gasteiger partial charge in [0.2, 0.25) is 0 Å². The number of carbonyl (C=O) groups excluding carboxylic acids is 1. The fraction of sp³-hybridized carbons (Fsp3) is 0.550. The van der Waals surface area contributed by atoms with E-state index in [1.165, 1.54) is 0 Å². The van der Waals surface area contributed by atoms with Crippen LogP contribution in [0.3, 0.4) is 0 Å². The molecule has 2 aliphatic rings. The Morgan fingerprint density at radius 1 is 1.03 bits per heavy atom. The molecule has 0 bridgehead atoms. The van der Waals surface area contributed by atoms with Crippen LogP contribution in [0.15, 0.2) is 29.5 Å². The number of hydroxylamine groups is 2. The molecule has 1 aliphatic heterocycles. The maximum Gasteiger partial charge on any atom is 0.346 e. The predicted molar refractivity (Wildman–Crippen MR) is 105 cm³/mol. The molecular weight excluding hydrogens is 394 g/mol. The van der Waals surface area contributed by atoms with Crippen molar-refractivity contribution in [3.63, 3.8) is 0 Å². The Bertz CT molecular complexity index is 983. The monoisotopic (exact) mass is 418 g/mol. The number of allylic oxidation sites excluding steroid dienone is 1. The van der Waals surface area contributed by atoms with E-state index in [1.54, 1.807) is 0 Å². The summed E-state index contributed by atoms with van der Waals surface area (Å²) in [5.74, 6) is -0.455. The zero-order valence-electron chi connectivity index (χ0n) is 17.6. The number of rotatable bonds is 4. The average Bonchev–Trinajstić information content (AvgIpc) is 2.79. The van der Waals surface area contributed by atoms with Crippen LogP contribution in [0, 0.1) is 25.6 Å². The van der Waals surface area contributed by atoms with E-state index in [-0.39, 0.29) is 11.0 Å². The van der Waals surface area contributed by atoms with Crippen molar-refractivity contribution >= 4 is 17.3 Å². The van der Waals surface area contributed by atoms with Crippen molar-refractivity contribution in [2.75, 3.05) is 0 Å². The van der Waals surface area contributed by atoms with Gasteiger partial charge in [0.15, 0.2) is 0 Å². The molecule has 0 N–H and O–H groups in total. The number of nitrogens with zero attached hydrogens (tertiary/aromatic N) is 3. The number of ether oxygens (including phenoxy) is 1. The minimum absolute atomic E-state index is 0.165. The third-order valence-electron chi connectivity index (χ3n) is 5.88. The first-order valence-electron chi connectivity index (χ1n) is 9.53. The topological polar surface area (TPSA) is 136 Å². The first kappa shape index (κ1) is 21.8. The second-order valence-electron chi connectivity index (χ2n) is 9.58. The van der Waals surface area contributed by atoms with Crippen LogP contribution < -0.4 is 0 Å². The highest BCUT2D eigenvalue weighted by atomic mass is 16.6. The van der Waals surface area contributed by atoms with E-state index < -0.39 is 38.3 Å². The van der Waals surface area contributed by atoms with Crippen molar-refractivity contribution in [2.45, 2.75) is 65.0 Å². The van der Waals surface area contributed by atoms with Gasteiger partial charge in [0.25, 0.3) is 0 Å². The molecule has 10 heteroatoms. The zero-order valence-corrected chi connectivity index (χ0v) is 17.6. The lowest BCUT2D eigenvalue weighted by Gasteiger charge is -2.44. The van der Waals surface area contributed by atoms with Crippen LogP contribution in [0.1, 0.15) is 64.2 Å². The standard InChI is InChI=1S/C20H24N3O7/c1-18(2)10-16(13-9-19(3,4)23(29)20(13,5)11-18)30-17(24)12-6-7-14(21(25)26)15(8-12)22(27)28/h6-8H,9-11H2,1-5H3/t20-/m0/s1. The number of nitro groups is 2. The second-order valence-corrected chi connectivity index (χ2v) is 9.58. The molecule has 0 amide bonds. The summed E-state index contributed by atoms with van der Waals surface area (Å²) in [7, 11) is 0. The van der Waals surface area contributed by atoms with E-state index >= 15 is 0 Å². The maximum atomic E-state index is 13.0. The van der Waals surface area contributed by atoms with Gasteiger partial charge in [-0.2, -0.15) is 0 Å². The molecule has 1 fully saturated rings. The number of fused-ring (bicyclic) bond motifs is 1. The summed E-state index contributed by atoms with van der Waals surface area (Å²) in [4.78, 5) is 33.2. The molecule has 1 atom stereocenters. The molecule has 0 unspecified atom stereocenters. The van der Waals surface area contributed by atoms with Gasteiger partial charge in [-0.15, -0.1) is 10.3 Å². The molecule has 1 heterocycles. The molecule has 1 aromatic carbocycles. The molecule has 10 nitrogen and oxygen atoms in total. The minimum atomic E-state index is -0.910. The molecule has 1 saturated heterocycles. The van der Waals surface area contributed by atoms with Crippen LogP contribution in [0.25, 0.3) is 0 Å². The Kier molecular flexibility index (Phi) is 4.99. The highest BCUT2D eigenvalue weighted by Crippen LogP contribution is 2.55. The molecule has 0 aromatic heterocycles. The summed E-state index contributed by atoms with van der Waals surface area (Å²) in [5, 5.41) is 36.2. The SMILES string of the molecule is CC1(C)CC(OC(=O)c2ccc([N+](=O)[O-])c([N+](=O)[O-])c2)=C2CC(C)(C)N([O])[C@@]2(C)C1. The lowest BCUT2D eigenvalue weighted by Crippen LogP contribution is -2.50. The number of nitro benzene ring substituents is 2. The van der Waals surface area contributed by atoms with Crippen molar-refractivity contribution in [1.82, 2.24) is 5.06 Å². The Balaban J connectivity index is 2.01. The molecule has 3 rings (SSSR count). The average molecular weight is 418 g/mol. The fourth-order valence-electron chi connectivity index (χ4n) is 4.82. The van der Waals surface area contributed by atoms with Gasteiger partial charge in [0, 0.05) is 24.1 Å². The fourth-order valence-corrected chi connectivity index (χ4v) is 4.82. The van der Waals surface area contributed by atoms with Crippen molar-refractivity contribution in [3.8, 4) is 0 Å². The van der Waals surface area contributed by atoms with Gasteiger partial charge in [0.05, 0.1) is 20.9 Å². The molecule has 1 aliphatic carbocycles. The van der Waals surface area contributed by atoms with Crippen molar-refractivity contribution < 1.29 is 24.6 Å². The first-order chi connectivity index (χ1) is 13.7. The second kappa shape index (κ2) is 6.85. The lowest BCUT2D eigenvalue weighted by atomic mass is 9.68. The van der Waals surface area contributed by atoms with E-state index in [2.05, 4.69) is 0 Å². The summed E-state index contributed by atoms with van der Waals surface area (Å²) in [6.07, 6.45) is 1.47. The summed E-state index contributed by atoms with van der Waals surface area (Å²) < 4.78 is 5.65. The molecule has 30 heavy (non-hydrogen) atoms. The van der Waals surface area contributed by atoms with Crippen LogP contribution in [0.4, 0.5) is 11.4 Å². The van der Waals surface area contributed by atoms with E-state index in [0.29, 0.717) is 25.0 Å². The highest BCUT2D eigenvalue weighted by Gasteiger charge is 2.57. The van der Waals surface area contributed by atoms with Crippen LogP contribution in [0.2, 0.25) is 0 Å². The molecule has 161 valence electrons. The Labute approximate surface area is 173 Å². The van der Waals surface area contributed by atoms with Crippen LogP contribution in [-0.2, 0) is 9.94 Å². The highest BCUT2D eigenvalue weighted by molar-refractivity contribution is 5.91. The molecule has 1 radical (unpaired) electrons. The lowest BCUT2D eigenvalue weighted by molar-refractivity contribution is -0.422. The minimum Gasteiger partial charge on any atom is -0.427 e. The third kappa shape index (κ3) is 3.56. The summed E-state index contributed by atoms with van der Waals surface area (Å²) >= 11 is 0. The Morgan fingerprint density at radius 3 is 2.20 bits per heavy atom. The van der Waals surface area contributed by atoms with E-state index in [4.69, 9.17) is 4.74 Å². The largest absolute Gasteiger partial charge is 0.427 e. The summed E-state index contributed by atoms with van der Waals surface area (Å²) in [5.41, 5.74) is -2.68. The van der Waals surface area contributed by atoms with Gasteiger partial charge < -0.3 is 4.74 Å². The number of hydrogen-bond acceptors (Lipinski definition) is 7. The number of hydrogen-bond donors (Lipinski definition) is 0. The van der Waals surface area contributed by atoms with Crippen molar-refractivity contribution in [3.05, 3.63) is 55.3 Å². The third-order valence-corrected chi connectivity index (χ3v) is 5.88. The number of esters is 1. The first-order valence-corrected chi connectivity index (χ1v) is 9.53. The Morgan fingerprint density at radius 2 is 1.63 bits per heavy atom. The summed E-state index contributed by atoms with van der Waals surface area (Å²) in [6, 6.07) is 2.89. The summed E-state index contributed by atoms with van der Waals surface area (Å²) in [6.45, 7) is 9.48. The maximum absolute atomic E-state index is 13.0. The van der Waals surface area contributed by atoms with E-state index in [1.807, 2.05) is 34.6 Å². The quantitative estimate of drug-likeness (QED) is 0.403. The zero-order chi connectivity index (χ0) is 22.6. The molecule has 0 spiro atoms. The van der Waals surface area contributed by atoms with Gasteiger partial charge in [-0.05, 0) is 50.7 Å². The van der Waals surface area contributed by atoms with Crippen LogP contribution in [0.5, 0.6) is 0 Å². The molecular formula is C20H24N3O7. The van der Waals surface area contributed by atoms with Gasteiger partial charge in [-0.3, -0.25) is 20.2 Å². The van der Waals surface area contributed by atoms with E-state index in [0.717, 1.165) is 28.8 Å². The van der Waals surface area contributed by atoms with Crippen LogP contribution in [-0.4, -0.2) is 32.0 Å². The van der Waals surface area contributed by atoms with Gasteiger partial charge in [0.1, 0.15) is 5.76 Å². The molecule has 0 saturated carbocycles. The number of benzene rings is 1.